The highest BCUT2D eigenvalue weighted by Gasteiger charge is 2.16. The monoisotopic (exact) mass is 500 g/mol. The number of aromatic nitrogens is 3. The van der Waals surface area contributed by atoms with E-state index < -0.39 is 0 Å². The molecule has 0 aliphatic rings. The maximum Gasteiger partial charge on any atom is 0.278 e. The van der Waals surface area contributed by atoms with Crippen LogP contribution in [0.4, 0.5) is 5.69 Å². The van der Waals surface area contributed by atoms with Crippen LogP contribution >= 0.6 is 23.4 Å². The van der Waals surface area contributed by atoms with Gasteiger partial charge in [-0.1, -0.05) is 84.0 Å². The van der Waals surface area contributed by atoms with Crippen LogP contribution in [0.15, 0.2) is 101 Å². The molecule has 0 saturated carbocycles. The predicted molar refractivity (Wildman–Crippen MR) is 142 cm³/mol. The highest BCUT2D eigenvalue weighted by atomic mass is 35.5. The fourth-order valence-electron chi connectivity index (χ4n) is 3.73. The zero-order valence-electron chi connectivity index (χ0n) is 18.6. The van der Waals surface area contributed by atoms with Crippen LogP contribution in [-0.2, 0) is 11.3 Å². The van der Waals surface area contributed by atoms with Gasteiger partial charge >= 0.3 is 0 Å². The average molecular weight is 501 g/mol. The van der Waals surface area contributed by atoms with Crippen molar-refractivity contribution in [3.63, 3.8) is 0 Å². The lowest BCUT2D eigenvalue weighted by atomic mass is 10.2. The van der Waals surface area contributed by atoms with E-state index >= 15 is 0 Å². The summed E-state index contributed by atoms with van der Waals surface area (Å²) in [6.07, 6.45) is 0. The minimum Gasteiger partial charge on any atom is -0.349 e. The Labute approximate surface area is 211 Å². The topological polar surface area (TPSA) is 79.8 Å². The van der Waals surface area contributed by atoms with E-state index in [2.05, 4.69) is 10.3 Å². The van der Waals surface area contributed by atoms with Crippen molar-refractivity contribution < 1.29 is 4.79 Å². The third-order valence-corrected chi connectivity index (χ3v) is 6.66. The van der Waals surface area contributed by atoms with Crippen LogP contribution in [0.25, 0.3) is 22.3 Å². The standard InChI is InChI=1S/C27H21ClN4O2S/c28-20-11-13-21(14-12-20)29-24(33)17-35-27-31-23-15-22(19-9-5-2-6-10-19)30-25(23)26(34)32(27)16-18-7-3-1-4-8-18/h1-15,30H,16-17H2,(H,29,33). The van der Waals surface area contributed by atoms with Crippen LogP contribution in [0.2, 0.25) is 5.02 Å². The lowest BCUT2D eigenvalue weighted by Crippen LogP contribution is -2.25. The van der Waals surface area contributed by atoms with Crippen molar-refractivity contribution in [3.8, 4) is 11.3 Å². The second kappa shape index (κ2) is 10.2. The molecule has 0 aliphatic heterocycles. The summed E-state index contributed by atoms with van der Waals surface area (Å²) in [5.41, 5.74) is 4.24. The van der Waals surface area contributed by atoms with Crippen LogP contribution < -0.4 is 10.9 Å². The van der Waals surface area contributed by atoms with Gasteiger partial charge < -0.3 is 10.3 Å². The van der Waals surface area contributed by atoms with Gasteiger partial charge in [-0.25, -0.2) is 4.98 Å². The van der Waals surface area contributed by atoms with Crippen molar-refractivity contribution in [2.24, 2.45) is 0 Å². The smallest absolute Gasteiger partial charge is 0.278 e. The van der Waals surface area contributed by atoms with Crippen molar-refractivity contribution in [3.05, 3.63) is 112 Å². The number of carbonyl (C=O) groups is 1. The maximum absolute atomic E-state index is 13.5. The summed E-state index contributed by atoms with van der Waals surface area (Å²) in [4.78, 5) is 34.1. The highest BCUT2D eigenvalue weighted by Crippen LogP contribution is 2.24. The third kappa shape index (κ3) is 5.31. The molecule has 2 heterocycles. The number of carbonyl (C=O) groups excluding carboxylic acids is 1. The molecule has 8 heteroatoms. The molecule has 0 spiro atoms. The predicted octanol–water partition coefficient (Wildman–Crippen LogP) is 5.82. The van der Waals surface area contributed by atoms with Gasteiger partial charge in [0, 0.05) is 16.4 Å². The molecule has 6 nitrogen and oxygen atoms in total. The van der Waals surface area contributed by atoms with Crippen LogP contribution in [-0.4, -0.2) is 26.2 Å². The Morgan fingerprint density at radius 2 is 1.66 bits per heavy atom. The Balaban J connectivity index is 1.47. The van der Waals surface area contributed by atoms with Gasteiger partial charge in [-0.15, -0.1) is 0 Å². The number of anilines is 1. The van der Waals surface area contributed by atoms with E-state index in [4.69, 9.17) is 16.6 Å². The molecule has 2 N–H and O–H groups in total. The highest BCUT2D eigenvalue weighted by molar-refractivity contribution is 7.99. The van der Waals surface area contributed by atoms with Crippen LogP contribution in [0, 0.1) is 0 Å². The number of benzene rings is 3. The number of H-pyrrole nitrogens is 1. The Bertz CT molecular complexity index is 1530. The van der Waals surface area contributed by atoms with E-state index in [1.165, 1.54) is 11.8 Å². The third-order valence-electron chi connectivity index (χ3n) is 5.43. The largest absolute Gasteiger partial charge is 0.349 e. The molecule has 0 aliphatic carbocycles. The molecule has 5 aromatic rings. The Morgan fingerprint density at radius 3 is 2.37 bits per heavy atom. The number of fused-ring (bicyclic) bond motifs is 1. The molecule has 35 heavy (non-hydrogen) atoms. The summed E-state index contributed by atoms with van der Waals surface area (Å²) < 4.78 is 1.61. The molecule has 0 unspecified atom stereocenters. The number of nitrogens with one attached hydrogen (secondary N) is 2. The fourth-order valence-corrected chi connectivity index (χ4v) is 4.65. The van der Waals surface area contributed by atoms with Gasteiger partial charge in [-0.05, 0) is 41.5 Å². The van der Waals surface area contributed by atoms with Crippen LogP contribution in [0.5, 0.6) is 0 Å². The Kier molecular flexibility index (Phi) is 6.70. The van der Waals surface area contributed by atoms with Crippen molar-refractivity contribution in [1.82, 2.24) is 14.5 Å². The van der Waals surface area contributed by atoms with E-state index in [-0.39, 0.29) is 17.2 Å². The van der Waals surface area contributed by atoms with Gasteiger partial charge in [-0.2, -0.15) is 0 Å². The number of hydrogen-bond acceptors (Lipinski definition) is 4. The molecular formula is C27H21ClN4O2S. The zero-order valence-corrected chi connectivity index (χ0v) is 20.1. The summed E-state index contributed by atoms with van der Waals surface area (Å²) >= 11 is 7.15. The summed E-state index contributed by atoms with van der Waals surface area (Å²) in [6, 6.07) is 28.3. The lowest BCUT2D eigenvalue weighted by Gasteiger charge is -2.12. The SMILES string of the molecule is O=C(CSc1nc2cc(-c3ccccc3)[nH]c2c(=O)n1Cc1ccccc1)Nc1ccc(Cl)cc1. The molecule has 0 atom stereocenters. The second-order valence-electron chi connectivity index (χ2n) is 7.92. The van der Waals surface area contributed by atoms with Crippen LogP contribution in [0.1, 0.15) is 5.56 Å². The number of nitrogens with zero attached hydrogens (tertiary/aromatic N) is 2. The molecule has 0 bridgehead atoms. The van der Waals surface area contributed by atoms with Crippen molar-refractivity contribution in [2.45, 2.75) is 11.7 Å². The first-order valence-corrected chi connectivity index (χ1v) is 12.3. The number of halogens is 1. The van der Waals surface area contributed by atoms with Crippen molar-refractivity contribution in [1.29, 1.82) is 0 Å². The minimum atomic E-state index is -0.197. The number of amides is 1. The number of aromatic amines is 1. The lowest BCUT2D eigenvalue weighted by molar-refractivity contribution is -0.113. The number of hydrogen-bond donors (Lipinski definition) is 2. The minimum absolute atomic E-state index is 0.103. The first kappa shape index (κ1) is 23.0. The van der Waals surface area contributed by atoms with Gasteiger partial charge in [-0.3, -0.25) is 14.2 Å². The Morgan fingerprint density at radius 1 is 0.971 bits per heavy atom. The van der Waals surface area contributed by atoms with Crippen molar-refractivity contribution >= 4 is 46.0 Å². The molecule has 0 fully saturated rings. The van der Waals surface area contributed by atoms with Gasteiger partial charge in [0.05, 0.1) is 17.8 Å². The normalized spacial score (nSPS) is 11.0. The summed E-state index contributed by atoms with van der Waals surface area (Å²) in [6.45, 7) is 0.351. The van der Waals surface area contributed by atoms with E-state index in [9.17, 15) is 9.59 Å². The van der Waals surface area contributed by atoms with Gasteiger partial charge in [0.1, 0.15) is 5.52 Å². The number of rotatable bonds is 7. The van der Waals surface area contributed by atoms with E-state index in [0.29, 0.717) is 33.4 Å². The molecule has 2 aromatic heterocycles. The molecular weight excluding hydrogens is 480 g/mol. The first-order chi connectivity index (χ1) is 17.1. The van der Waals surface area contributed by atoms with Crippen LogP contribution in [0.3, 0.4) is 0 Å². The molecule has 0 saturated heterocycles. The average Bonchev–Trinajstić information content (AvgIpc) is 3.32. The maximum atomic E-state index is 13.5. The quantitative estimate of drug-likeness (QED) is 0.218. The molecule has 1 amide bonds. The molecule has 174 valence electrons. The van der Waals surface area contributed by atoms with Crippen molar-refractivity contribution in [2.75, 3.05) is 11.1 Å². The number of thioether (sulfide) groups is 1. The molecule has 3 aromatic carbocycles. The Hall–Kier alpha value is -3.81. The van der Waals surface area contributed by atoms with E-state index in [1.54, 1.807) is 28.8 Å². The first-order valence-electron chi connectivity index (χ1n) is 11.0. The molecule has 0 radical (unpaired) electrons. The summed E-state index contributed by atoms with van der Waals surface area (Å²) in [5, 5.41) is 3.93. The summed E-state index contributed by atoms with van der Waals surface area (Å²) in [5.74, 6) is -0.0947. The second-order valence-corrected chi connectivity index (χ2v) is 9.30. The fraction of sp³-hybridized carbons (Fsp3) is 0.0741. The van der Waals surface area contributed by atoms with E-state index in [0.717, 1.165) is 16.8 Å². The summed E-state index contributed by atoms with van der Waals surface area (Å²) in [7, 11) is 0. The van der Waals surface area contributed by atoms with Gasteiger partial charge in [0.25, 0.3) is 5.56 Å². The van der Waals surface area contributed by atoms with Gasteiger partial charge in [0.2, 0.25) is 5.91 Å². The van der Waals surface area contributed by atoms with E-state index in [1.807, 2.05) is 66.7 Å². The zero-order chi connectivity index (χ0) is 24.2. The molecule has 5 rings (SSSR count). The van der Waals surface area contributed by atoms with Gasteiger partial charge in [0.15, 0.2) is 5.16 Å².